The van der Waals surface area contributed by atoms with E-state index in [1.807, 2.05) is 66.9 Å². The predicted molar refractivity (Wildman–Crippen MR) is 152 cm³/mol. The Morgan fingerprint density at radius 2 is 1.87 bits per heavy atom. The summed E-state index contributed by atoms with van der Waals surface area (Å²) in [6, 6.07) is 20.5. The Labute approximate surface area is 230 Å². The molecule has 1 heterocycles. The van der Waals surface area contributed by atoms with Crippen molar-refractivity contribution >= 4 is 47.6 Å². The molecular weight excluding hydrogens is 521 g/mol. The third kappa shape index (κ3) is 6.90. The highest BCUT2D eigenvalue weighted by Gasteiger charge is 2.17. The monoisotopic (exact) mass is 547 g/mol. The molecule has 0 unspecified atom stereocenters. The van der Waals surface area contributed by atoms with E-state index in [1.54, 1.807) is 24.5 Å². The van der Waals surface area contributed by atoms with E-state index in [4.69, 9.17) is 16.6 Å². The van der Waals surface area contributed by atoms with Crippen LogP contribution in [0.25, 0.3) is 5.69 Å². The van der Waals surface area contributed by atoms with Crippen molar-refractivity contribution in [2.45, 2.75) is 30.1 Å². The molecule has 0 saturated heterocycles. The molecule has 0 bridgehead atoms. The highest BCUT2D eigenvalue weighted by atomic mass is 35.5. The van der Waals surface area contributed by atoms with Crippen molar-refractivity contribution in [3.8, 4) is 5.69 Å². The highest BCUT2D eigenvalue weighted by molar-refractivity contribution is 7.99. The molecule has 8 nitrogen and oxygen atoms in total. The number of amides is 1. The summed E-state index contributed by atoms with van der Waals surface area (Å²) in [6.45, 7) is 4.63. The Morgan fingerprint density at radius 1 is 1.11 bits per heavy atom. The molecule has 0 aliphatic heterocycles. The van der Waals surface area contributed by atoms with Crippen molar-refractivity contribution in [3.63, 3.8) is 0 Å². The third-order valence-corrected chi connectivity index (χ3v) is 6.92. The van der Waals surface area contributed by atoms with Gasteiger partial charge in [0.2, 0.25) is 5.91 Å². The van der Waals surface area contributed by atoms with Gasteiger partial charge >= 0.3 is 7.12 Å². The van der Waals surface area contributed by atoms with E-state index in [1.165, 1.54) is 11.8 Å². The zero-order chi connectivity index (χ0) is 27.1. The second-order valence-electron chi connectivity index (χ2n) is 8.42. The predicted octanol–water partition coefficient (Wildman–Crippen LogP) is 3.42. The van der Waals surface area contributed by atoms with Crippen LogP contribution < -0.4 is 10.8 Å². The number of aryl methyl sites for hydroxylation is 1. The van der Waals surface area contributed by atoms with Gasteiger partial charge < -0.3 is 15.4 Å². The summed E-state index contributed by atoms with van der Waals surface area (Å²) < 4.78 is 1.89. The van der Waals surface area contributed by atoms with Crippen molar-refractivity contribution in [2.75, 3.05) is 13.1 Å². The average molecular weight is 548 g/mol. The van der Waals surface area contributed by atoms with Crippen LogP contribution in [0.3, 0.4) is 0 Å². The Balaban J connectivity index is 1.81. The van der Waals surface area contributed by atoms with Crippen molar-refractivity contribution in [1.29, 1.82) is 0 Å². The van der Waals surface area contributed by atoms with Crippen LogP contribution in [0.15, 0.2) is 87.8 Å². The average Bonchev–Trinajstić information content (AvgIpc) is 3.33. The smallest absolute Gasteiger partial charge is 0.423 e. The molecule has 194 valence electrons. The minimum Gasteiger partial charge on any atom is -0.423 e. The number of aromatic nitrogens is 3. The summed E-state index contributed by atoms with van der Waals surface area (Å²) >= 11 is 7.67. The van der Waals surface area contributed by atoms with Crippen LogP contribution in [-0.2, 0) is 4.79 Å². The lowest BCUT2D eigenvalue weighted by molar-refractivity contribution is -0.120. The molecule has 0 aliphatic rings. The molecule has 0 fully saturated rings. The SMILES string of the molecule is CCNC(=O)CCN=C(c1ccc(Cl)cc1)c1cc(Sc2cccc(B(O)O)c2)ccc1-n1cnnc1C. The van der Waals surface area contributed by atoms with E-state index in [2.05, 4.69) is 15.5 Å². The van der Waals surface area contributed by atoms with Crippen LogP contribution in [0.5, 0.6) is 0 Å². The molecule has 1 aromatic heterocycles. The molecule has 4 aromatic rings. The number of hydrogen-bond acceptors (Lipinski definition) is 7. The molecule has 38 heavy (non-hydrogen) atoms. The van der Waals surface area contributed by atoms with Crippen LogP contribution in [0.4, 0.5) is 0 Å². The summed E-state index contributed by atoms with van der Waals surface area (Å²) in [5.74, 6) is 0.658. The first kappa shape index (κ1) is 27.6. The molecule has 3 aromatic carbocycles. The molecule has 0 atom stereocenters. The highest BCUT2D eigenvalue weighted by Crippen LogP contribution is 2.31. The fourth-order valence-corrected chi connectivity index (χ4v) is 4.93. The van der Waals surface area contributed by atoms with Gasteiger partial charge in [-0.1, -0.05) is 47.6 Å². The molecule has 0 saturated carbocycles. The van der Waals surface area contributed by atoms with Gasteiger partial charge in [-0.3, -0.25) is 14.4 Å². The van der Waals surface area contributed by atoms with Gasteiger partial charge in [-0.25, -0.2) is 0 Å². The van der Waals surface area contributed by atoms with Gasteiger partial charge in [-0.05, 0) is 61.8 Å². The van der Waals surface area contributed by atoms with Crippen molar-refractivity contribution in [3.05, 3.63) is 95.0 Å². The molecule has 1 amide bonds. The van der Waals surface area contributed by atoms with Crippen LogP contribution in [0.1, 0.15) is 30.3 Å². The van der Waals surface area contributed by atoms with Crippen LogP contribution in [0.2, 0.25) is 5.02 Å². The summed E-state index contributed by atoms with van der Waals surface area (Å²) in [7, 11) is -1.54. The third-order valence-electron chi connectivity index (χ3n) is 5.69. The number of aliphatic imine (C=N–C) groups is 1. The fraction of sp³-hybridized carbons (Fsp3) is 0.185. The molecule has 0 radical (unpaired) electrons. The second kappa shape index (κ2) is 12.9. The lowest BCUT2D eigenvalue weighted by atomic mass is 9.80. The molecule has 4 rings (SSSR count). The Hall–Kier alpha value is -3.44. The molecular formula is C27H27BClN5O3S. The molecule has 11 heteroatoms. The lowest BCUT2D eigenvalue weighted by Gasteiger charge is -2.16. The summed E-state index contributed by atoms with van der Waals surface area (Å²) in [4.78, 5) is 18.8. The van der Waals surface area contributed by atoms with Gasteiger partial charge in [-0.15, -0.1) is 10.2 Å². The normalized spacial score (nSPS) is 11.4. The van der Waals surface area contributed by atoms with E-state index in [9.17, 15) is 14.8 Å². The first-order valence-corrected chi connectivity index (χ1v) is 13.3. The Kier molecular flexibility index (Phi) is 9.36. The van der Waals surface area contributed by atoms with E-state index < -0.39 is 7.12 Å². The summed E-state index contributed by atoms with van der Waals surface area (Å²) in [5, 5.41) is 30.8. The van der Waals surface area contributed by atoms with Gasteiger partial charge in [0.1, 0.15) is 12.2 Å². The quantitative estimate of drug-likeness (QED) is 0.207. The second-order valence-corrected chi connectivity index (χ2v) is 10.00. The van der Waals surface area contributed by atoms with E-state index >= 15 is 0 Å². The first-order valence-electron chi connectivity index (χ1n) is 12.1. The van der Waals surface area contributed by atoms with Crippen molar-refractivity contribution in [2.24, 2.45) is 4.99 Å². The van der Waals surface area contributed by atoms with Gasteiger partial charge in [-0.2, -0.15) is 0 Å². The Bertz CT molecular complexity index is 1440. The first-order chi connectivity index (χ1) is 18.4. The number of carbonyl (C=O) groups is 1. The van der Waals surface area contributed by atoms with Crippen LogP contribution in [0, 0.1) is 6.92 Å². The van der Waals surface area contributed by atoms with Crippen molar-refractivity contribution < 1.29 is 14.8 Å². The van der Waals surface area contributed by atoms with E-state index in [0.29, 0.717) is 35.1 Å². The topological polar surface area (TPSA) is 113 Å². The number of nitrogens with zero attached hydrogens (tertiary/aromatic N) is 4. The van der Waals surface area contributed by atoms with Gasteiger partial charge in [0, 0.05) is 45.5 Å². The van der Waals surface area contributed by atoms with Gasteiger partial charge in [0.15, 0.2) is 0 Å². The minimum absolute atomic E-state index is 0.0585. The number of nitrogens with one attached hydrogen (secondary N) is 1. The minimum atomic E-state index is -1.54. The summed E-state index contributed by atoms with van der Waals surface area (Å²) in [6.07, 6.45) is 1.91. The maximum Gasteiger partial charge on any atom is 0.488 e. The summed E-state index contributed by atoms with van der Waals surface area (Å²) in [5.41, 5.74) is 3.64. The zero-order valence-electron chi connectivity index (χ0n) is 21.0. The molecule has 0 spiro atoms. The number of halogens is 1. The van der Waals surface area contributed by atoms with Crippen molar-refractivity contribution in [1.82, 2.24) is 20.1 Å². The number of rotatable bonds is 10. The van der Waals surface area contributed by atoms with E-state index in [-0.39, 0.29) is 12.3 Å². The van der Waals surface area contributed by atoms with E-state index in [0.717, 1.165) is 26.6 Å². The maximum absolute atomic E-state index is 12.1. The fourth-order valence-electron chi connectivity index (χ4n) is 3.88. The van der Waals surface area contributed by atoms with Crippen LogP contribution in [-0.4, -0.2) is 56.6 Å². The number of benzene rings is 3. The van der Waals surface area contributed by atoms with Gasteiger partial charge in [0.25, 0.3) is 0 Å². The number of carbonyl (C=O) groups excluding carboxylic acids is 1. The maximum atomic E-state index is 12.1. The largest absolute Gasteiger partial charge is 0.488 e. The molecule has 0 aliphatic carbocycles. The number of hydrogen-bond donors (Lipinski definition) is 3. The van der Waals surface area contributed by atoms with Gasteiger partial charge in [0.05, 0.1) is 11.4 Å². The Morgan fingerprint density at radius 3 is 2.55 bits per heavy atom. The lowest BCUT2D eigenvalue weighted by Crippen LogP contribution is -2.29. The molecule has 3 N–H and O–H groups in total. The zero-order valence-corrected chi connectivity index (χ0v) is 22.6. The van der Waals surface area contributed by atoms with Crippen LogP contribution >= 0.6 is 23.4 Å². The standard InChI is InChI=1S/C27H27BClN5O3S/c1-3-30-26(35)13-14-31-27(19-7-9-21(29)10-8-19)24-16-23(11-12-25(24)34-17-32-33-18(34)2)38-22-6-4-5-20(15-22)28(36)37/h4-12,15-17,36-37H,3,13-14H2,1-2H3,(H,30,35).